The Hall–Kier alpha value is -1.25. The van der Waals surface area contributed by atoms with E-state index in [-0.39, 0.29) is 11.7 Å². The van der Waals surface area contributed by atoms with Crippen LogP contribution in [0.15, 0.2) is 24.3 Å². The maximum Gasteiger partial charge on any atom is 0.266 e. The predicted molar refractivity (Wildman–Crippen MR) is 113 cm³/mol. The van der Waals surface area contributed by atoms with Crippen molar-refractivity contribution in [2.24, 2.45) is 23.7 Å². The molecule has 1 aromatic rings. The summed E-state index contributed by atoms with van der Waals surface area (Å²) in [5.41, 5.74) is 3.43. The van der Waals surface area contributed by atoms with E-state index in [4.69, 9.17) is 0 Å². The van der Waals surface area contributed by atoms with Crippen molar-refractivity contribution in [1.82, 2.24) is 0 Å². The van der Waals surface area contributed by atoms with Crippen LogP contribution < -0.4 is 0 Å². The minimum atomic E-state index is -1.52. The van der Waals surface area contributed by atoms with E-state index in [1.165, 1.54) is 42.9 Å². The molecule has 3 aliphatic carbocycles. The Morgan fingerprint density at radius 1 is 1.03 bits per heavy atom. The third-order valence-electron chi connectivity index (χ3n) is 8.08. The highest BCUT2D eigenvalue weighted by atomic mass is 19.3. The van der Waals surface area contributed by atoms with Gasteiger partial charge in [0.2, 0.25) is 0 Å². The molecule has 4 rings (SSSR count). The maximum absolute atomic E-state index is 15.0. The molecule has 0 saturated heterocycles. The topological polar surface area (TPSA) is 0 Å². The Morgan fingerprint density at radius 3 is 2.62 bits per heavy atom. The lowest BCUT2D eigenvalue weighted by atomic mass is 9.63. The van der Waals surface area contributed by atoms with Gasteiger partial charge in [-0.1, -0.05) is 32.3 Å². The van der Waals surface area contributed by atoms with Crippen LogP contribution >= 0.6 is 0 Å². The van der Waals surface area contributed by atoms with Crippen LogP contribution in [0, 0.1) is 29.5 Å². The maximum atomic E-state index is 15.0. The lowest BCUT2D eigenvalue weighted by Gasteiger charge is -2.42. The van der Waals surface area contributed by atoms with Gasteiger partial charge in [-0.15, -0.1) is 0 Å². The van der Waals surface area contributed by atoms with E-state index < -0.39 is 6.08 Å². The van der Waals surface area contributed by atoms with Gasteiger partial charge in [0.25, 0.3) is 6.08 Å². The number of rotatable bonds is 5. The summed E-state index contributed by atoms with van der Waals surface area (Å²) in [6, 6.07) is 4.14. The van der Waals surface area contributed by atoms with E-state index in [0.717, 1.165) is 56.9 Å². The molecule has 29 heavy (non-hydrogen) atoms. The highest BCUT2D eigenvalue weighted by Crippen LogP contribution is 2.48. The van der Waals surface area contributed by atoms with Gasteiger partial charge in [0, 0.05) is 0 Å². The highest BCUT2D eigenvalue weighted by molar-refractivity contribution is 5.37. The first-order chi connectivity index (χ1) is 14.0. The second-order valence-corrected chi connectivity index (χ2v) is 9.95. The van der Waals surface area contributed by atoms with Crippen molar-refractivity contribution in [1.29, 1.82) is 0 Å². The van der Waals surface area contributed by atoms with Crippen LogP contribution in [0.1, 0.15) is 93.7 Å². The summed E-state index contributed by atoms with van der Waals surface area (Å²) < 4.78 is 40.2. The molecule has 0 heterocycles. The fraction of sp³-hybridized carbons (Fsp3) is 0.692. The van der Waals surface area contributed by atoms with Crippen molar-refractivity contribution >= 4 is 0 Å². The Bertz CT molecular complexity index is 734. The first kappa shape index (κ1) is 21.0. The van der Waals surface area contributed by atoms with Gasteiger partial charge in [-0.2, -0.15) is 8.78 Å². The molecule has 0 amide bonds. The molecule has 1 aromatic carbocycles. The van der Waals surface area contributed by atoms with Crippen LogP contribution in [-0.4, -0.2) is 0 Å². The quantitative estimate of drug-likeness (QED) is 0.464. The van der Waals surface area contributed by atoms with Gasteiger partial charge in [0.1, 0.15) is 5.82 Å². The molecule has 160 valence electrons. The van der Waals surface area contributed by atoms with E-state index in [9.17, 15) is 8.78 Å². The number of benzene rings is 1. The van der Waals surface area contributed by atoms with Gasteiger partial charge in [0.05, 0.1) is 0 Å². The van der Waals surface area contributed by atoms with Crippen LogP contribution in [0.5, 0.6) is 0 Å². The number of allylic oxidation sites excluding steroid dienone is 1. The zero-order chi connectivity index (χ0) is 20.4. The number of fused-ring (bicyclic) bond motifs is 2. The number of halogens is 3. The molecule has 5 unspecified atom stereocenters. The molecular formula is C26H35F3. The third kappa shape index (κ3) is 4.91. The monoisotopic (exact) mass is 404 g/mol. The summed E-state index contributed by atoms with van der Waals surface area (Å²) in [6.07, 6.45) is 12.6. The molecule has 0 nitrogen and oxygen atoms in total. The molecule has 0 aliphatic heterocycles. The van der Waals surface area contributed by atoms with Crippen molar-refractivity contribution in [2.45, 2.75) is 89.9 Å². The summed E-state index contributed by atoms with van der Waals surface area (Å²) in [4.78, 5) is 0. The molecule has 2 fully saturated rings. The summed E-state index contributed by atoms with van der Waals surface area (Å²) >= 11 is 0. The molecule has 0 aromatic heterocycles. The molecule has 5 atom stereocenters. The number of hydrogen-bond acceptors (Lipinski definition) is 0. The second-order valence-electron chi connectivity index (χ2n) is 9.95. The fourth-order valence-electron chi connectivity index (χ4n) is 6.45. The van der Waals surface area contributed by atoms with E-state index >= 15 is 4.39 Å². The van der Waals surface area contributed by atoms with E-state index in [1.54, 1.807) is 0 Å². The summed E-state index contributed by atoms with van der Waals surface area (Å²) in [6.45, 7) is 2.22. The molecule has 3 heteroatoms. The number of aryl methyl sites for hydroxylation is 1. The number of unbranched alkanes of at least 4 members (excludes halogenated alkanes) is 1. The summed E-state index contributed by atoms with van der Waals surface area (Å²) in [5, 5.41) is 0. The summed E-state index contributed by atoms with van der Waals surface area (Å²) in [7, 11) is 0. The SMILES string of the molecule is CCCCC1CCc2cc(C3CCC4CC(C=C(F)F)CCC4C3)cc(F)c2C1. The van der Waals surface area contributed by atoms with Crippen molar-refractivity contribution in [3.63, 3.8) is 0 Å². The van der Waals surface area contributed by atoms with Crippen molar-refractivity contribution in [3.8, 4) is 0 Å². The molecule has 0 spiro atoms. The van der Waals surface area contributed by atoms with E-state index in [2.05, 4.69) is 13.0 Å². The molecular weight excluding hydrogens is 369 g/mol. The van der Waals surface area contributed by atoms with Gasteiger partial charge in [0.15, 0.2) is 0 Å². The van der Waals surface area contributed by atoms with Gasteiger partial charge in [-0.05, 0) is 116 Å². The Labute approximate surface area is 174 Å². The van der Waals surface area contributed by atoms with Gasteiger partial charge in [-0.3, -0.25) is 0 Å². The highest BCUT2D eigenvalue weighted by Gasteiger charge is 2.36. The number of hydrogen-bond donors (Lipinski definition) is 0. The molecule has 0 radical (unpaired) electrons. The minimum Gasteiger partial charge on any atom is -0.207 e. The van der Waals surface area contributed by atoms with Crippen molar-refractivity contribution < 1.29 is 13.2 Å². The third-order valence-corrected chi connectivity index (χ3v) is 8.08. The zero-order valence-electron chi connectivity index (χ0n) is 17.7. The van der Waals surface area contributed by atoms with Gasteiger partial charge >= 0.3 is 0 Å². The normalized spacial score (nSPS) is 31.7. The van der Waals surface area contributed by atoms with E-state index in [0.29, 0.717) is 23.7 Å². The largest absolute Gasteiger partial charge is 0.266 e. The molecule has 0 N–H and O–H groups in total. The van der Waals surface area contributed by atoms with Gasteiger partial charge in [-0.25, -0.2) is 4.39 Å². The van der Waals surface area contributed by atoms with Gasteiger partial charge < -0.3 is 0 Å². The standard InChI is InChI=1S/C26H35F3/c1-2-3-4-17-5-8-22-15-23(16-25(27)24(22)12-17)21-10-9-19-11-18(13-26(28)29)6-7-20(19)14-21/h13,15-21H,2-12,14H2,1H3. The second kappa shape index (κ2) is 9.27. The average molecular weight is 405 g/mol. The lowest BCUT2D eigenvalue weighted by Crippen LogP contribution is -2.30. The smallest absolute Gasteiger partial charge is 0.207 e. The minimum absolute atomic E-state index is 0.0214. The van der Waals surface area contributed by atoms with Crippen LogP contribution in [0.4, 0.5) is 13.2 Å². The molecule has 0 bridgehead atoms. The van der Waals surface area contributed by atoms with Crippen molar-refractivity contribution in [2.75, 3.05) is 0 Å². The predicted octanol–water partition coefficient (Wildman–Crippen LogP) is 8.20. The molecule has 3 aliphatic rings. The average Bonchev–Trinajstić information content (AvgIpc) is 2.71. The first-order valence-electron chi connectivity index (χ1n) is 11.9. The summed E-state index contributed by atoms with van der Waals surface area (Å²) in [5.74, 6) is 2.37. The van der Waals surface area contributed by atoms with Crippen LogP contribution in [-0.2, 0) is 12.8 Å². The zero-order valence-corrected chi connectivity index (χ0v) is 17.7. The molecule has 2 saturated carbocycles. The lowest BCUT2D eigenvalue weighted by molar-refractivity contribution is 0.132. The van der Waals surface area contributed by atoms with Crippen LogP contribution in [0.3, 0.4) is 0 Å². The Morgan fingerprint density at radius 2 is 1.83 bits per heavy atom. The van der Waals surface area contributed by atoms with Crippen LogP contribution in [0.2, 0.25) is 0 Å². The van der Waals surface area contributed by atoms with E-state index in [1.807, 2.05) is 6.07 Å². The van der Waals surface area contributed by atoms with Crippen LogP contribution in [0.25, 0.3) is 0 Å². The van der Waals surface area contributed by atoms with Crippen molar-refractivity contribution in [3.05, 3.63) is 46.8 Å². The first-order valence-corrected chi connectivity index (χ1v) is 11.9. The fourth-order valence-corrected chi connectivity index (χ4v) is 6.45. The Balaban J connectivity index is 1.42. The Kier molecular flexibility index (Phi) is 6.71.